The van der Waals surface area contributed by atoms with Gasteiger partial charge in [0.25, 0.3) is 15.6 Å². The van der Waals surface area contributed by atoms with Crippen LogP contribution in [0.5, 0.6) is 0 Å². The quantitative estimate of drug-likeness (QED) is 0.0641. The molecule has 21 nitrogen and oxygen atoms in total. The molecule has 0 aliphatic heterocycles. The Bertz CT molecular complexity index is 948. The zero-order valence-electron chi connectivity index (χ0n) is 23.5. The highest BCUT2D eigenvalue weighted by Gasteiger charge is 2.17. The van der Waals surface area contributed by atoms with Gasteiger partial charge in [0.2, 0.25) is 11.8 Å². The number of hydrogen-bond donors (Lipinski definition) is 2. The molecule has 0 saturated carbocycles. The topological polar surface area (TPSA) is 305 Å². The Morgan fingerprint density at radius 3 is 1.19 bits per heavy atom. The van der Waals surface area contributed by atoms with Crippen molar-refractivity contribution in [2.75, 3.05) is 99.4 Å². The van der Waals surface area contributed by atoms with Gasteiger partial charge in [0.1, 0.15) is 0 Å². The molecule has 0 rings (SSSR count). The Hall–Kier alpha value is -2.55. The maximum atomic E-state index is 12.2. The van der Waals surface area contributed by atoms with E-state index in [2.05, 4.69) is 28.7 Å². The van der Waals surface area contributed by atoms with Crippen molar-refractivity contribution in [3.05, 3.63) is 0 Å². The minimum Gasteiger partial charge on any atom is -0.756 e. The van der Waals surface area contributed by atoms with Crippen molar-refractivity contribution in [2.24, 2.45) is 0 Å². The van der Waals surface area contributed by atoms with Crippen molar-refractivity contribution >= 4 is 45.4 Å². The standard InChI is InChI=1S/C20H39N5O16P2/c1-38-42(34,35)40-9-3-21-16(26)11-24(14-19(30)31)7-5-23(13-18(28)29)6-8-25(15-20(32)33)12-17(27)22-4-10-41-43(36,37)39-2/h3-15H2,1-2H3,(H,21,26)(H,22,27)(H,28,29)(H,30,31)(H,32,33)(H,34,35)(H,36,37)/p-5. The van der Waals surface area contributed by atoms with Crippen LogP contribution >= 0.6 is 15.6 Å². The average Bonchev–Trinajstić information content (AvgIpc) is 2.89. The van der Waals surface area contributed by atoms with Crippen LogP contribution in [0.15, 0.2) is 0 Å². The summed E-state index contributed by atoms with van der Waals surface area (Å²) in [5.74, 6) is -6.05. The Morgan fingerprint density at radius 1 is 0.581 bits per heavy atom. The highest BCUT2D eigenvalue weighted by Crippen LogP contribution is 2.36. The number of carbonyl (C=O) groups excluding carboxylic acids is 5. The first kappa shape index (κ1) is 40.5. The number of rotatable bonds is 26. The zero-order valence-corrected chi connectivity index (χ0v) is 25.2. The summed E-state index contributed by atoms with van der Waals surface area (Å²) in [5.41, 5.74) is 0. The maximum absolute atomic E-state index is 12.2. The molecule has 0 aromatic rings. The monoisotopic (exact) mass is 662 g/mol. The first-order valence-corrected chi connectivity index (χ1v) is 15.2. The van der Waals surface area contributed by atoms with Crippen molar-refractivity contribution in [2.45, 2.75) is 0 Å². The van der Waals surface area contributed by atoms with Crippen molar-refractivity contribution in [1.82, 2.24) is 25.3 Å². The van der Waals surface area contributed by atoms with Gasteiger partial charge in [0.15, 0.2) is 0 Å². The van der Waals surface area contributed by atoms with Gasteiger partial charge in [-0.1, -0.05) is 0 Å². The fourth-order valence-corrected chi connectivity index (χ4v) is 3.97. The van der Waals surface area contributed by atoms with Gasteiger partial charge in [-0.05, 0) is 0 Å². The van der Waals surface area contributed by atoms with Crippen LogP contribution in [0.2, 0.25) is 0 Å². The van der Waals surface area contributed by atoms with Gasteiger partial charge in [-0.15, -0.1) is 0 Å². The van der Waals surface area contributed by atoms with E-state index in [9.17, 15) is 58.2 Å². The van der Waals surface area contributed by atoms with E-state index in [1.54, 1.807) is 0 Å². The minimum atomic E-state index is -4.50. The first-order chi connectivity index (χ1) is 20.0. The molecule has 0 aliphatic rings. The third-order valence-electron chi connectivity index (χ3n) is 5.05. The van der Waals surface area contributed by atoms with Gasteiger partial charge in [-0.2, -0.15) is 0 Å². The van der Waals surface area contributed by atoms with Crippen LogP contribution in [-0.4, -0.2) is 144 Å². The van der Waals surface area contributed by atoms with E-state index in [4.69, 9.17) is 0 Å². The second-order valence-electron chi connectivity index (χ2n) is 8.44. The summed E-state index contributed by atoms with van der Waals surface area (Å²) in [4.78, 5) is 83.5. The SMILES string of the molecule is COP(=O)([O-])OCCNC(=O)CN(CCN(CCN(CC(=O)[O-])CC(=O)NCCOP(=O)([O-])OC)CC(=O)[O-])CC(=O)[O-]. The number of nitrogens with zero attached hydrogens (tertiary/aromatic N) is 3. The van der Waals surface area contributed by atoms with E-state index in [1.807, 2.05) is 0 Å². The van der Waals surface area contributed by atoms with Crippen LogP contribution in [-0.2, 0) is 51.2 Å². The lowest BCUT2D eigenvalue weighted by Gasteiger charge is -2.30. The normalized spacial score (nSPS) is 14.3. The highest BCUT2D eigenvalue weighted by atomic mass is 31.2. The summed E-state index contributed by atoms with van der Waals surface area (Å²) >= 11 is 0. The predicted molar refractivity (Wildman–Crippen MR) is 131 cm³/mol. The molecule has 0 radical (unpaired) electrons. The molecule has 0 bridgehead atoms. The Labute approximate surface area is 246 Å². The number of carboxylic acids is 3. The molecule has 0 aromatic carbocycles. The van der Waals surface area contributed by atoms with E-state index in [-0.39, 0.29) is 39.3 Å². The molecule has 2 unspecified atom stereocenters. The van der Waals surface area contributed by atoms with Crippen LogP contribution < -0.4 is 35.7 Å². The molecule has 0 aliphatic carbocycles. The molecule has 2 amide bonds. The Kier molecular flexibility index (Phi) is 19.9. The molecule has 0 aromatic heterocycles. The minimum absolute atomic E-state index is 0.150. The molecule has 0 fully saturated rings. The lowest BCUT2D eigenvalue weighted by Crippen LogP contribution is -2.50. The Morgan fingerprint density at radius 2 is 0.884 bits per heavy atom. The number of carbonyl (C=O) groups is 5. The van der Waals surface area contributed by atoms with Gasteiger partial charge >= 0.3 is 0 Å². The van der Waals surface area contributed by atoms with Gasteiger partial charge in [0.05, 0.1) is 44.2 Å². The summed E-state index contributed by atoms with van der Waals surface area (Å²) in [7, 11) is -7.24. The molecule has 23 heteroatoms. The number of carboxylic acid groups (broad SMARTS) is 3. The largest absolute Gasteiger partial charge is 0.756 e. The number of phosphoric ester groups is 2. The summed E-state index contributed by atoms with van der Waals surface area (Å²) < 4.78 is 39.3. The van der Waals surface area contributed by atoms with Crippen LogP contribution in [0.25, 0.3) is 0 Å². The average molecular weight is 662 g/mol. The molecule has 250 valence electrons. The summed E-state index contributed by atoms with van der Waals surface area (Å²) in [6.07, 6.45) is 0. The van der Waals surface area contributed by atoms with Gasteiger partial charge in [0, 0.05) is 73.1 Å². The fraction of sp³-hybridized carbons (Fsp3) is 0.750. The van der Waals surface area contributed by atoms with E-state index < -0.39 is 91.3 Å². The van der Waals surface area contributed by atoms with Gasteiger partial charge in [-0.25, -0.2) is 0 Å². The number of nitrogens with one attached hydrogen (secondary N) is 2. The van der Waals surface area contributed by atoms with Crippen molar-refractivity contribution in [1.29, 1.82) is 0 Å². The maximum Gasteiger partial charge on any atom is 0.267 e. The second kappa shape index (κ2) is 21.2. The number of phosphoric acid groups is 2. The molecule has 2 atom stereocenters. The summed E-state index contributed by atoms with van der Waals surface area (Å²) in [6.45, 7) is -5.22. The van der Waals surface area contributed by atoms with E-state index in [0.717, 1.165) is 24.0 Å². The van der Waals surface area contributed by atoms with Gasteiger partial charge in [-0.3, -0.25) is 33.4 Å². The van der Waals surface area contributed by atoms with Crippen LogP contribution in [0.4, 0.5) is 0 Å². The molecule has 2 N–H and O–H groups in total. The third kappa shape index (κ3) is 22.6. The van der Waals surface area contributed by atoms with E-state index >= 15 is 0 Å². The van der Waals surface area contributed by atoms with Crippen LogP contribution in [0, 0.1) is 0 Å². The zero-order chi connectivity index (χ0) is 33.1. The number of amides is 2. The summed E-state index contributed by atoms with van der Waals surface area (Å²) in [6, 6.07) is 0. The molecule has 0 heterocycles. The van der Waals surface area contributed by atoms with Crippen LogP contribution in [0.3, 0.4) is 0 Å². The fourth-order valence-electron chi connectivity index (χ4n) is 3.13. The summed E-state index contributed by atoms with van der Waals surface area (Å²) in [5, 5.41) is 38.1. The van der Waals surface area contributed by atoms with Crippen molar-refractivity contribution < 1.29 is 76.3 Å². The Balaban J connectivity index is 5.05. The lowest BCUT2D eigenvalue weighted by atomic mass is 10.3. The van der Waals surface area contributed by atoms with Gasteiger partial charge < -0.3 is 68.2 Å². The first-order valence-electron chi connectivity index (χ1n) is 12.3. The smallest absolute Gasteiger partial charge is 0.267 e. The van der Waals surface area contributed by atoms with Crippen molar-refractivity contribution in [3.63, 3.8) is 0 Å². The lowest BCUT2D eigenvalue weighted by molar-refractivity contribution is -0.308. The molecule has 43 heavy (non-hydrogen) atoms. The molecular formula is C20H34N5O16P2-5. The van der Waals surface area contributed by atoms with E-state index in [0.29, 0.717) is 0 Å². The van der Waals surface area contributed by atoms with Crippen molar-refractivity contribution in [3.8, 4) is 0 Å². The predicted octanol–water partition coefficient (Wildman–Crippen LogP) is -8.36. The molecule has 0 saturated heterocycles. The van der Waals surface area contributed by atoms with E-state index in [1.165, 1.54) is 4.90 Å². The highest BCUT2D eigenvalue weighted by molar-refractivity contribution is 7.46. The molecule has 0 spiro atoms. The van der Waals surface area contributed by atoms with Crippen LogP contribution in [0.1, 0.15) is 0 Å². The number of aliphatic carboxylic acids is 3. The number of hydrogen-bond acceptors (Lipinski definition) is 19. The molecular weight excluding hydrogens is 628 g/mol. The second-order valence-corrected chi connectivity index (χ2v) is 11.5. The third-order valence-corrected chi connectivity index (χ3v) is 6.94.